The van der Waals surface area contributed by atoms with Gasteiger partial charge < -0.3 is 10.3 Å². The number of aromatic nitrogens is 2. The first kappa shape index (κ1) is 12.8. The standard InChI is InChI=1S/C14H18FN3/c1-10(2)7-13(16)14-8-17-9-18(14)12-5-3-11(15)4-6-12/h3-6,8-10,13H,7,16H2,1-2H3. The Morgan fingerprint density at radius 1 is 1.28 bits per heavy atom. The van der Waals surface area contributed by atoms with E-state index in [9.17, 15) is 4.39 Å². The van der Waals surface area contributed by atoms with Crippen LogP contribution in [-0.2, 0) is 0 Å². The zero-order valence-electron chi connectivity index (χ0n) is 10.7. The second-order valence-corrected chi connectivity index (χ2v) is 4.90. The first-order valence-corrected chi connectivity index (χ1v) is 6.11. The molecule has 0 aliphatic carbocycles. The Bertz CT molecular complexity index is 502. The molecule has 0 aliphatic rings. The van der Waals surface area contributed by atoms with Crippen LogP contribution in [0.4, 0.5) is 4.39 Å². The molecule has 96 valence electrons. The summed E-state index contributed by atoms with van der Waals surface area (Å²) in [6, 6.07) is 6.27. The van der Waals surface area contributed by atoms with Crippen LogP contribution in [0.2, 0.25) is 0 Å². The number of hydrogen-bond donors (Lipinski definition) is 1. The highest BCUT2D eigenvalue weighted by atomic mass is 19.1. The van der Waals surface area contributed by atoms with Crippen molar-refractivity contribution in [1.82, 2.24) is 9.55 Å². The van der Waals surface area contributed by atoms with Crippen LogP contribution in [-0.4, -0.2) is 9.55 Å². The molecular formula is C14H18FN3. The molecule has 0 bridgehead atoms. The van der Waals surface area contributed by atoms with Crippen molar-refractivity contribution in [1.29, 1.82) is 0 Å². The zero-order chi connectivity index (χ0) is 13.1. The first-order valence-electron chi connectivity index (χ1n) is 6.11. The molecule has 1 atom stereocenters. The lowest BCUT2D eigenvalue weighted by Crippen LogP contribution is -2.16. The molecule has 0 spiro atoms. The molecule has 0 radical (unpaired) electrons. The van der Waals surface area contributed by atoms with Gasteiger partial charge in [0.05, 0.1) is 18.2 Å². The third kappa shape index (κ3) is 2.76. The Morgan fingerprint density at radius 3 is 2.56 bits per heavy atom. The fourth-order valence-electron chi connectivity index (χ4n) is 2.03. The van der Waals surface area contributed by atoms with Gasteiger partial charge in [0.1, 0.15) is 5.82 Å². The van der Waals surface area contributed by atoms with E-state index in [-0.39, 0.29) is 11.9 Å². The van der Waals surface area contributed by atoms with Gasteiger partial charge in [-0.1, -0.05) is 13.8 Å². The molecule has 0 saturated heterocycles. The maximum atomic E-state index is 12.9. The molecule has 1 aromatic heterocycles. The van der Waals surface area contributed by atoms with E-state index < -0.39 is 0 Å². The van der Waals surface area contributed by atoms with Crippen LogP contribution in [0.3, 0.4) is 0 Å². The molecule has 4 heteroatoms. The number of halogens is 1. The van der Waals surface area contributed by atoms with E-state index in [1.54, 1.807) is 24.7 Å². The highest BCUT2D eigenvalue weighted by Crippen LogP contribution is 2.21. The number of imidazole rings is 1. The maximum absolute atomic E-state index is 12.9. The average molecular weight is 247 g/mol. The molecule has 1 unspecified atom stereocenters. The third-order valence-corrected chi connectivity index (χ3v) is 2.88. The summed E-state index contributed by atoms with van der Waals surface area (Å²) >= 11 is 0. The average Bonchev–Trinajstić information content (AvgIpc) is 2.78. The number of nitrogens with zero attached hydrogens (tertiary/aromatic N) is 2. The lowest BCUT2D eigenvalue weighted by Gasteiger charge is -2.16. The number of nitrogens with two attached hydrogens (primary N) is 1. The summed E-state index contributed by atoms with van der Waals surface area (Å²) in [5.41, 5.74) is 8.01. The molecular weight excluding hydrogens is 229 g/mol. The van der Waals surface area contributed by atoms with E-state index in [0.717, 1.165) is 17.8 Å². The van der Waals surface area contributed by atoms with E-state index in [2.05, 4.69) is 18.8 Å². The minimum absolute atomic E-state index is 0.0578. The summed E-state index contributed by atoms with van der Waals surface area (Å²) in [5, 5.41) is 0. The Balaban J connectivity index is 2.29. The van der Waals surface area contributed by atoms with Gasteiger partial charge in [-0.2, -0.15) is 0 Å². The fourth-order valence-corrected chi connectivity index (χ4v) is 2.03. The third-order valence-electron chi connectivity index (χ3n) is 2.88. The van der Waals surface area contributed by atoms with Crippen molar-refractivity contribution in [2.75, 3.05) is 0 Å². The van der Waals surface area contributed by atoms with Crippen LogP contribution in [0.25, 0.3) is 5.69 Å². The molecule has 0 amide bonds. The Labute approximate surface area is 106 Å². The SMILES string of the molecule is CC(C)CC(N)c1cncn1-c1ccc(F)cc1. The quantitative estimate of drug-likeness (QED) is 0.902. The van der Waals surface area contributed by atoms with Gasteiger partial charge in [-0.25, -0.2) is 9.37 Å². The van der Waals surface area contributed by atoms with Crippen molar-refractivity contribution in [2.24, 2.45) is 11.7 Å². The van der Waals surface area contributed by atoms with Crippen LogP contribution in [0.1, 0.15) is 32.0 Å². The van der Waals surface area contributed by atoms with Crippen molar-refractivity contribution in [3.8, 4) is 5.69 Å². The van der Waals surface area contributed by atoms with Gasteiger partial charge in [0.15, 0.2) is 0 Å². The van der Waals surface area contributed by atoms with Crippen molar-refractivity contribution in [3.63, 3.8) is 0 Å². The zero-order valence-corrected chi connectivity index (χ0v) is 10.7. The minimum Gasteiger partial charge on any atom is -0.323 e. The van der Waals surface area contributed by atoms with Crippen LogP contribution in [0.5, 0.6) is 0 Å². The molecule has 3 nitrogen and oxygen atoms in total. The smallest absolute Gasteiger partial charge is 0.123 e. The molecule has 2 N–H and O–H groups in total. The second-order valence-electron chi connectivity index (χ2n) is 4.90. The van der Waals surface area contributed by atoms with E-state index in [1.165, 1.54) is 12.1 Å². The molecule has 0 saturated carbocycles. The van der Waals surface area contributed by atoms with Crippen LogP contribution in [0, 0.1) is 11.7 Å². The number of benzene rings is 1. The number of rotatable bonds is 4. The van der Waals surface area contributed by atoms with Gasteiger partial charge in [0.2, 0.25) is 0 Å². The van der Waals surface area contributed by atoms with E-state index in [4.69, 9.17) is 5.73 Å². The molecule has 18 heavy (non-hydrogen) atoms. The van der Waals surface area contributed by atoms with E-state index in [0.29, 0.717) is 5.92 Å². The van der Waals surface area contributed by atoms with Gasteiger partial charge in [0, 0.05) is 11.7 Å². The summed E-state index contributed by atoms with van der Waals surface area (Å²) < 4.78 is 14.8. The maximum Gasteiger partial charge on any atom is 0.123 e. The molecule has 2 rings (SSSR count). The molecule has 2 aromatic rings. The van der Waals surface area contributed by atoms with E-state index in [1.807, 2.05) is 4.57 Å². The van der Waals surface area contributed by atoms with Gasteiger partial charge in [-0.15, -0.1) is 0 Å². The highest BCUT2D eigenvalue weighted by Gasteiger charge is 2.14. The topological polar surface area (TPSA) is 43.8 Å². The van der Waals surface area contributed by atoms with Gasteiger partial charge >= 0.3 is 0 Å². The van der Waals surface area contributed by atoms with Crippen molar-refractivity contribution in [2.45, 2.75) is 26.3 Å². The molecule has 1 heterocycles. The predicted molar refractivity (Wildman–Crippen MR) is 69.9 cm³/mol. The normalized spacial score (nSPS) is 12.9. The monoisotopic (exact) mass is 247 g/mol. The van der Waals surface area contributed by atoms with Crippen LogP contribution >= 0.6 is 0 Å². The number of hydrogen-bond acceptors (Lipinski definition) is 2. The summed E-state index contributed by atoms with van der Waals surface area (Å²) in [6.45, 7) is 4.27. The lowest BCUT2D eigenvalue weighted by atomic mass is 10.0. The van der Waals surface area contributed by atoms with Crippen LogP contribution < -0.4 is 5.73 Å². The van der Waals surface area contributed by atoms with Gasteiger partial charge in [-0.3, -0.25) is 0 Å². The van der Waals surface area contributed by atoms with E-state index >= 15 is 0 Å². The molecule has 1 aromatic carbocycles. The summed E-state index contributed by atoms with van der Waals surface area (Å²) in [6.07, 6.45) is 4.38. The molecule has 0 aliphatic heterocycles. The predicted octanol–water partition coefficient (Wildman–Crippen LogP) is 3.06. The van der Waals surface area contributed by atoms with Gasteiger partial charge in [-0.05, 0) is 36.6 Å². The summed E-state index contributed by atoms with van der Waals surface area (Å²) in [7, 11) is 0. The van der Waals surface area contributed by atoms with Crippen molar-refractivity contribution < 1.29 is 4.39 Å². The lowest BCUT2D eigenvalue weighted by molar-refractivity contribution is 0.498. The Hall–Kier alpha value is -1.68. The van der Waals surface area contributed by atoms with Crippen molar-refractivity contribution in [3.05, 3.63) is 48.3 Å². The first-order chi connectivity index (χ1) is 8.58. The minimum atomic E-state index is -0.244. The highest BCUT2D eigenvalue weighted by molar-refractivity contribution is 5.34. The van der Waals surface area contributed by atoms with Crippen molar-refractivity contribution >= 4 is 0 Å². The molecule has 0 fully saturated rings. The Kier molecular flexibility index (Phi) is 3.77. The largest absolute Gasteiger partial charge is 0.323 e. The second kappa shape index (κ2) is 5.31. The fraction of sp³-hybridized carbons (Fsp3) is 0.357. The summed E-state index contributed by atoms with van der Waals surface area (Å²) in [4.78, 5) is 4.14. The van der Waals surface area contributed by atoms with Gasteiger partial charge in [0.25, 0.3) is 0 Å². The Morgan fingerprint density at radius 2 is 1.94 bits per heavy atom. The summed E-state index contributed by atoms with van der Waals surface area (Å²) in [5.74, 6) is 0.281. The van der Waals surface area contributed by atoms with Crippen LogP contribution in [0.15, 0.2) is 36.8 Å².